The minimum atomic E-state index is -0.448. The smallest absolute Gasteiger partial charge is 0.407 e. The lowest BCUT2D eigenvalue weighted by Crippen LogP contribution is -2.33. The average Bonchev–Trinajstić information content (AvgIpc) is 2.00. The third-order valence-electron chi connectivity index (χ3n) is 1.18. The summed E-state index contributed by atoms with van der Waals surface area (Å²) in [6.07, 6.45) is 0.340. The largest absolute Gasteiger partial charge is 0.444 e. The molecule has 0 aromatic rings. The summed E-state index contributed by atoms with van der Waals surface area (Å²) in [5, 5.41) is 4.87. The summed E-state index contributed by atoms with van der Waals surface area (Å²) >= 11 is 4.40. The van der Waals surface area contributed by atoms with Crippen molar-refractivity contribution in [3.63, 3.8) is 0 Å². The van der Waals surface area contributed by atoms with Gasteiger partial charge in [-0.25, -0.2) is 9.79 Å². The van der Waals surface area contributed by atoms with E-state index in [9.17, 15) is 4.79 Å². The van der Waals surface area contributed by atoms with Crippen LogP contribution in [0.1, 0.15) is 27.2 Å². The number of nitrogens with zero attached hydrogens (tertiary/aromatic N) is 1. The number of nitrogens with one attached hydrogen (secondary N) is 1. The van der Waals surface area contributed by atoms with Gasteiger partial charge in [0.15, 0.2) is 0 Å². The molecule has 0 fully saturated rings. The number of carbonyl (C=O) groups is 1. The van der Waals surface area contributed by atoms with Gasteiger partial charge < -0.3 is 10.1 Å². The molecule has 0 radical (unpaired) electrons. The van der Waals surface area contributed by atoms with Gasteiger partial charge in [0, 0.05) is 6.54 Å². The number of aliphatic imine (C=N–C) groups is 1. The second-order valence-corrected chi connectivity index (χ2v) is 3.94. The molecular weight excluding hydrogens is 200 g/mol. The van der Waals surface area contributed by atoms with Crippen LogP contribution in [0.3, 0.4) is 0 Å². The average molecular weight is 216 g/mol. The van der Waals surface area contributed by atoms with E-state index >= 15 is 0 Å². The van der Waals surface area contributed by atoms with Gasteiger partial charge >= 0.3 is 6.09 Å². The number of ether oxygens (including phenoxy) is 1. The van der Waals surface area contributed by atoms with Crippen molar-refractivity contribution in [2.24, 2.45) is 4.99 Å². The molecule has 80 valence electrons. The molecule has 0 aliphatic carbocycles. The van der Waals surface area contributed by atoms with Crippen molar-refractivity contribution in [2.45, 2.75) is 32.8 Å². The number of isothiocyanates is 1. The van der Waals surface area contributed by atoms with Crippen molar-refractivity contribution in [3.05, 3.63) is 0 Å². The van der Waals surface area contributed by atoms with E-state index in [1.165, 1.54) is 0 Å². The standard InChI is InChI=1S/C9H16N2O2S/c1-9(2,3)13-8(12)11-6-4-5-10-7-14/h4-6H2,1-3H3,(H,11,12). The fourth-order valence-corrected chi connectivity index (χ4v) is 0.800. The highest BCUT2D eigenvalue weighted by molar-refractivity contribution is 7.78. The van der Waals surface area contributed by atoms with Crippen LogP contribution in [0.4, 0.5) is 4.79 Å². The summed E-state index contributed by atoms with van der Waals surface area (Å²) in [4.78, 5) is 14.8. The normalized spacial score (nSPS) is 10.2. The Labute approximate surface area is 89.7 Å². The molecule has 0 saturated carbocycles. The van der Waals surface area contributed by atoms with Gasteiger partial charge in [0.1, 0.15) is 5.60 Å². The molecule has 4 nitrogen and oxygen atoms in total. The van der Waals surface area contributed by atoms with Gasteiger partial charge in [0.05, 0.1) is 11.7 Å². The Morgan fingerprint density at radius 2 is 2.21 bits per heavy atom. The minimum absolute atomic E-state index is 0.399. The molecule has 0 unspecified atom stereocenters. The van der Waals surface area contributed by atoms with Gasteiger partial charge in [-0.05, 0) is 39.4 Å². The van der Waals surface area contributed by atoms with Crippen LogP contribution < -0.4 is 5.32 Å². The lowest BCUT2D eigenvalue weighted by atomic mass is 10.2. The fraction of sp³-hybridized carbons (Fsp3) is 0.778. The van der Waals surface area contributed by atoms with Crippen molar-refractivity contribution in [1.82, 2.24) is 5.32 Å². The van der Waals surface area contributed by atoms with E-state index in [1.807, 2.05) is 20.8 Å². The van der Waals surface area contributed by atoms with Gasteiger partial charge in [-0.3, -0.25) is 0 Å². The number of thiocarbonyl (C=S) groups is 1. The van der Waals surface area contributed by atoms with E-state index < -0.39 is 11.7 Å². The Kier molecular flexibility index (Phi) is 6.08. The molecule has 0 aromatic heterocycles. The SMILES string of the molecule is CC(C)(C)OC(=O)NCCCN=C=S. The van der Waals surface area contributed by atoms with Crippen molar-refractivity contribution in [1.29, 1.82) is 0 Å². The third kappa shape index (κ3) is 9.16. The molecular formula is C9H16N2O2S. The molecule has 0 rings (SSSR count). The van der Waals surface area contributed by atoms with Crippen molar-refractivity contribution >= 4 is 23.5 Å². The third-order valence-corrected chi connectivity index (χ3v) is 1.31. The van der Waals surface area contributed by atoms with Crippen LogP contribution in [0.25, 0.3) is 0 Å². The van der Waals surface area contributed by atoms with E-state index in [4.69, 9.17) is 4.74 Å². The Morgan fingerprint density at radius 3 is 2.71 bits per heavy atom. The first kappa shape index (κ1) is 13.1. The zero-order chi connectivity index (χ0) is 11.0. The first-order valence-corrected chi connectivity index (χ1v) is 4.87. The van der Waals surface area contributed by atoms with E-state index in [-0.39, 0.29) is 0 Å². The highest BCUT2D eigenvalue weighted by atomic mass is 32.1. The second kappa shape index (κ2) is 6.51. The Balaban J connectivity index is 3.50. The highest BCUT2D eigenvalue weighted by Crippen LogP contribution is 2.06. The Hall–Kier alpha value is -0.930. The van der Waals surface area contributed by atoms with Crippen LogP contribution >= 0.6 is 12.2 Å². The number of hydrogen-bond acceptors (Lipinski definition) is 4. The zero-order valence-corrected chi connectivity index (χ0v) is 9.61. The lowest BCUT2D eigenvalue weighted by molar-refractivity contribution is 0.0527. The number of alkyl carbamates (subject to hydrolysis) is 1. The molecule has 14 heavy (non-hydrogen) atoms. The van der Waals surface area contributed by atoms with Gasteiger partial charge in [-0.2, -0.15) is 0 Å². The van der Waals surface area contributed by atoms with E-state index in [0.717, 1.165) is 6.42 Å². The molecule has 1 amide bonds. The summed E-state index contributed by atoms with van der Waals surface area (Å²) < 4.78 is 5.03. The maximum absolute atomic E-state index is 11.1. The molecule has 5 heteroatoms. The summed E-state index contributed by atoms with van der Waals surface area (Å²) in [7, 11) is 0. The molecule has 0 saturated heterocycles. The van der Waals surface area contributed by atoms with Gasteiger partial charge in [0.25, 0.3) is 0 Å². The number of amides is 1. The van der Waals surface area contributed by atoms with Gasteiger partial charge in [-0.1, -0.05) is 0 Å². The Bertz CT molecular complexity index is 229. The van der Waals surface area contributed by atoms with Crippen LogP contribution in [0.15, 0.2) is 4.99 Å². The molecule has 0 aliphatic rings. The summed E-state index contributed by atoms with van der Waals surface area (Å²) in [5.74, 6) is 0. The first-order valence-electron chi connectivity index (χ1n) is 4.46. The maximum Gasteiger partial charge on any atom is 0.407 e. The quantitative estimate of drug-likeness (QED) is 0.444. The zero-order valence-electron chi connectivity index (χ0n) is 8.79. The summed E-state index contributed by atoms with van der Waals surface area (Å²) in [6.45, 7) is 6.59. The summed E-state index contributed by atoms with van der Waals surface area (Å²) in [6, 6.07) is 0. The van der Waals surface area contributed by atoms with Crippen LogP contribution in [-0.2, 0) is 4.74 Å². The van der Waals surface area contributed by atoms with E-state index in [0.29, 0.717) is 13.1 Å². The summed E-state index contributed by atoms with van der Waals surface area (Å²) in [5.41, 5.74) is -0.448. The van der Waals surface area contributed by atoms with Gasteiger partial charge in [-0.15, -0.1) is 0 Å². The molecule has 0 bridgehead atoms. The fourth-order valence-electron chi connectivity index (χ4n) is 0.708. The number of carbonyl (C=O) groups excluding carboxylic acids is 1. The van der Waals surface area contributed by atoms with Crippen LogP contribution in [0.5, 0.6) is 0 Å². The van der Waals surface area contributed by atoms with Gasteiger partial charge in [0.2, 0.25) is 0 Å². The monoisotopic (exact) mass is 216 g/mol. The molecule has 0 atom stereocenters. The van der Waals surface area contributed by atoms with E-state index in [2.05, 4.69) is 27.7 Å². The molecule has 0 aliphatic heterocycles. The van der Waals surface area contributed by atoms with Crippen LogP contribution in [0, 0.1) is 0 Å². The molecule has 0 spiro atoms. The maximum atomic E-state index is 11.1. The van der Waals surface area contributed by atoms with Crippen molar-refractivity contribution < 1.29 is 9.53 Å². The van der Waals surface area contributed by atoms with E-state index in [1.54, 1.807) is 0 Å². The lowest BCUT2D eigenvalue weighted by Gasteiger charge is -2.19. The molecule has 0 aromatic carbocycles. The van der Waals surface area contributed by atoms with Crippen LogP contribution in [0.2, 0.25) is 0 Å². The topological polar surface area (TPSA) is 50.7 Å². The Morgan fingerprint density at radius 1 is 1.57 bits per heavy atom. The predicted octanol–water partition coefficient (Wildman–Crippen LogP) is 2.00. The highest BCUT2D eigenvalue weighted by Gasteiger charge is 2.15. The first-order chi connectivity index (χ1) is 6.45. The molecule has 1 N–H and O–H groups in total. The molecule has 0 heterocycles. The van der Waals surface area contributed by atoms with Crippen molar-refractivity contribution in [2.75, 3.05) is 13.1 Å². The minimum Gasteiger partial charge on any atom is -0.444 e. The van der Waals surface area contributed by atoms with Crippen molar-refractivity contribution in [3.8, 4) is 0 Å². The predicted molar refractivity (Wildman–Crippen MR) is 58.7 cm³/mol. The second-order valence-electron chi connectivity index (χ2n) is 3.76. The van der Waals surface area contributed by atoms with Crippen LogP contribution in [-0.4, -0.2) is 29.9 Å². The number of rotatable bonds is 4. The number of hydrogen-bond donors (Lipinski definition) is 1.